The highest BCUT2D eigenvalue weighted by atomic mass is 15.3. The molecule has 3 rings (SSSR count). The molecule has 3 nitrogen and oxygen atoms in total. The molecule has 0 aliphatic heterocycles. The fourth-order valence-electron chi connectivity index (χ4n) is 3.05. The van der Waals surface area contributed by atoms with Gasteiger partial charge in [0.25, 0.3) is 0 Å². The first-order chi connectivity index (χ1) is 9.92. The van der Waals surface area contributed by atoms with E-state index in [0.29, 0.717) is 0 Å². The lowest BCUT2D eigenvalue weighted by Crippen LogP contribution is -2.12. The van der Waals surface area contributed by atoms with E-state index in [4.69, 9.17) is 0 Å². The van der Waals surface area contributed by atoms with Crippen LogP contribution in [0.3, 0.4) is 0 Å². The van der Waals surface area contributed by atoms with Gasteiger partial charge in [0.2, 0.25) is 0 Å². The van der Waals surface area contributed by atoms with E-state index in [0.717, 1.165) is 18.2 Å². The first kappa shape index (κ1) is 13.2. The number of aromatic nitrogens is 2. The van der Waals surface area contributed by atoms with Crippen LogP contribution < -0.4 is 5.32 Å². The zero-order valence-electron chi connectivity index (χ0n) is 12.0. The van der Waals surface area contributed by atoms with Crippen LogP contribution in [0.2, 0.25) is 0 Å². The first-order valence-corrected chi connectivity index (χ1v) is 7.76. The molecule has 0 radical (unpaired) electrons. The Balaban J connectivity index is 1.48. The lowest BCUT2D eigenvalue weighted by atomic mass is 9.87. The van der Waals surface area contributed by atoms with Gasteiger partial charge in [-0.15, -0.1) is 0 Å². The maximum absolute atomic E-state index is 4.24. The zero-order valence-corrected chi connectivity index (χ0v) is 12.0. The van der Waals surface area contributed by atoms with Crippen molar-refractivity contribution in [2.24, 2.45) is 5.92 Å². The zero-order chi connectivity index (χ0) is 13.6. The second-order valence-corrected chi connectivity index (χ2v) is 5.72. The number of nitrogens with zero attached hydrogens (tertiary/aromatic N) is 2. The molecule has 1 aromatic heterocycles. The minimum Gasteiger partial charge on any atom is -0.385 e. The van der Waals surface area contributed by atoms with Crippen molar-refractivity contribution in [2.45, 2.75) is 38.5 Å². The van der Waals surface area contributed by atoms with Crippen molar-refractivity contribution in [3.8, 4) is 5.69 Å². The van der Waals surface area contributed by atoms with E-state index in [1.54, 1.807) is 6.20 Å². The summed E-state index contributed by atoms with van der Waals surface area (Å²) >= 11 is 0. The lowest BCUT2D eigenvalue weighted by Gasteiger charge is -2.21. The average molecular weight is 269 g/mol. The lowest BCUT2D eigenvalue weighted by molar-refractivity contribution is 0.345. The van der Waals surface area contributed by atoms with Gasteiger partial charge < -0.3 is 5.32 Å². The van der Waals surface area contributed by atoms with E-state index in [1.807, 2.05) is 16.9 Å². The van der Waals surface area contributed by atoms with Crippen LogP contribution in [-0.2, 0) is 0 Å². The van der Waals surface area contributed by atoms with Gasteiger partial charge in [-0.05, 0) is 42.7 Å². The molecule has 3 heteroatoms. The summed E-state index contributed by atoms with van der Waals surface area (Å²) in [6.45, 7) is 1.09. The molecule has 1 N–H and O–H groups in total. The van der Waals surface area contributed by atoms with Gasteiger partial charge in [0, 0.05) is 24.6 Å². The minimum atomic E-state index is 0.944. The third-order valence-electron chi connectivity index (χ3n) is 4.24. The predicted molar refractivity (Wildman–Crippen MR) is 83.2 cm³/mol. The van der Waals surface area contributed by atoms with Crippen molar-refractivity contribution in [1.82, 2.24) is 9.78 Å². The Hall–Kier alpha value is -1.77. The fourth-order valence-corrected chi connectivity index (χ4v) is 3.05. The van der Waals surface area contributed by atoms with E-state index in [2.05, 4.69) is 34.7 Å². The molecule has 106 valence electrons. The monoisotopic (exact) mass is 269 g/mol. The van der Waals surface area contributed by atoms with Crippen LogP contribution in [0.15, 0.2) is 42.7 Å². The van der Waals surface area contributed by atoms with Crippen molar-refractivity contribution in [3.05, 3.63) is 42.7 Å². The summed E-state index contributed by atoms with van der Waals surface area (Å²) in [5.41, 5.74) is 2.31. The van der Waals surface area contributed by atoms with Crippen molar-refractivity contribution in [3.63, 3.8) is 0 Å². The van der Waals surface area contributed by atoms with Gasteiger partial charge in [0.15, 0.2) is 0 Å². The summed E-state index contributed by atoms with van der Waals surface area (Å²) in [5, 5.41) is 7.77. The summed E-state index contributed by atoms with van der Waals surface area (Å²) in [6, 6.07) is 10.4. The van der Waals surface area contributed by atoms with Crippen LogP contribution in [0, 0.1) is 5.92 Å². The van der Waals surface area contributed by atoms with Crippen molar-refractivity contribution in [1.29, 1.82) is 0 Å². The van der Waals surface area contributed by atoms with Crippen LogP contribution >= 0.6 is 0 Å². The van der Waals surface area contributed by atoms with Crippen molar-refractivity contribution in [2.75, 3.05) is 11.9 Å². The Bertz CT molecular complexity index is 496. The van der Waals surface area contributed by atoms with Crippen molar-refractivity contribution >= 4 is 5.69 Å². The molecule has 2 aromatic rings. The SMILES string of the molecule is c1cnn(-c2ccc(NCCC3CCCCC3)cc2)c1. The van der Waals surface area contributed by atoms with E-state index in [1.165, 1.54) is 44.2 Å². The summed E-state index contributed by atoms with van der Waals surface area (Å²) in [7, 11) is 0. The van der Waals surface area contributed by atoms with E-state index < -0.39 is 0 Å². The van der Waals surface area contributed by atoms with Gasteiger partial charge in [-0.3, -0.25) is 0 Å². The molecule has 1 saturated carbocycles. The van der Waals surface area contributed by atoms with E-state index in [9.17, 15) is 0 Å². The third kappa shape index (κ3) is 3.41. The average Bonchev–Trinajstić information content (AvgIpc) is 3.03. The molecule has 0 saturated heterocycles. The molecule has 20 heavy (non-hydrogen) atoms. The van der Waals surface area contributed by atoms with Crippen LogP contribution in [0.5, 0.6) is 0 Å². The number of anilines is 1. The third-order valence-corrected chi connectivity index (χ3v) is 4.24. The Morgan fingerprint density at radius 1 is 1.10 bits per heavy atom. The summed E-state index contributed by atoms with van der Waals surface area (Å²) in [4.78, 5) is 0. The van der Waals surface area contributed by atoms with Gasteiger partial charge in [0.1, 0.15) is 0 Å². The highest BCUT2D eigenvalue weighted by molar-refractivity contribution is 5.48. The van der Waals surface area contributed by atoms with Gasteiger partial charge in [-0.1, -0.05) is 32.1 Å². The van der Waals surface area contributed by atoms with Gasteiger partial charge in [0.05, 0.1) is 5.69 Å². The van der Waals surface area contributed by atoms with Crippen LogP contribution in [0.4, 0.5) is 5.69 Å². The highest BCUT2D eigenvalue weighted by Crippen LogP contribution is 2.26. The molecule has 0 bridgehead atoms. The second-order valence-electron chi connectivity index (χ2n) is 5.72. The summed E-state index contributed by atoms with van der Waals surface area (Å²) < 4.78 is 1.88. The van der Waals surface area contributed by atoms with Gasteiger partial charge >= 0.3 is 0 Å². The van der Waals surface area contributed by atoms with Gasteiger partial charge in [-0.25, -0.2) is 4.68 Å². The number of hydrogen-bond donors (Lipinski definition) is 1. The molecule has 1 aliphatic rings. The number of nitrogens with one attached hydrogen (secondary N) is 1. The van der Waals surface area contributed by atoms with Crippen LogP contribution in [0.25, 0.3) is 5.69 Å². The smallest absolute Gasteiger partial charge is 0.0647 e. The molecule has 1 aliphatic carbocycles. The molecule has 0 amide bonds. The standard InChI is InChI=1S/C17H23N3/c1-2-5-15(6-3-1)11-13-18-16-7-9-17(10-8-16)20-14-4-12-19-20/h4,7-10,12,14-15,18H,1-3,5-6,11,13H2. The highest BCUT2D eigenvalue weighted by Gasteiger charge is 2.12. The topological polar surface area (TPSA) is 29.9 Å². The minimum absolute atomic E-state index is 0.944. The van der Waals surface area contributed by atoms with E-state index >= 15 is 0 Å². The number of benzene rings is 1. The molecular formula is C17H23N3. The maximum atomic E-state index is 4.24. The van der Waals surface area contributed by atoms with Crippen molar-refractivity contribution < 1.29 is 0 Å². The van der Waals surface area contributed by atoms with E-state index in [-0.39, 0.29) is 0 Å². The van der Waals surface area contributed by atoms with Crippen LogP contribution in [-0.4, -0.2) is 16.3 Å². The Labute approximate surface area is 121 Å². The van der Waals surface area contributed by atoms with Crippen LogP contribution in [0.1, 0.15) is 38.5 Å². The Kier molecular flexibility index (Phi) is 4.36. The normalized spacial score (nSPS) is 16.2. The largest absolute Gasteiger partial charge is 0.385 e. The maximum Gasteiger partial charge on any atom is 0.0647 e. The first-order valence-electron chi connectivity index (χ1n) is 7.76. The quantitative estimate of drug-likeness (QED) is 0.879. The second kappa shape index (κ2) is 6.60. The number of rotatable bonds is 5. The molecular weight excluding hydrogens is 246 g/mol. The predicted octanol–water partition coefficient (Wildman–Crippen LogP) is 4.25. The summed E-state index contributed by atoms with van der Waals surface area (Å²) in [5.74, 6) is 0.944. The van der Waals surface area contributed by atoms with Gasteiger partial charge in [-0.2, -0.15) is 5.10 Å². The Morgan fingerprint density at radius 2 is 1.90 bits per heavy atom. The molecule has 1 heterocycles. The number of hydrogen-bond acceptors (Lipinski definition) is 2. The molecule has 0 atom stereocenters. The molecule has 1 aromatic carbocycles. The molecule has 0 unspecified atom stereocenters. The summed E-state index contributed by atoms with van der Waals surface area (Å²) in [6.07, 6.45) is 12.2. The molecule has 1 fully saturated rings. The Morgan fingerprint density at radius 3 is 2.60 bits per heavy atom. The fraction of sp³-hybridized carbons (Fsp3) is 0.471. The molecule has 0 spiro atoms.